The van der Waals surface area contributed by atoms with Crippen molar-refractivity contribution in [2.45, 2.75) is 38.7 Å². The minimum absolute atomic E-state index is 0.164. The number of hydrogen-bond donors (Lipinski definition) is 2. The van der Waals surface area contributed by atoms with Crippen molar-refractivity contribution in [1.29, 1.82) is 0 Å². The number of nitrogens with zero attached hydrogens (tertiary/aromatic N) is 2. The van der Waals surface area contributed by atoms with Crippen molar-refractivity contribution in [2.75, 3.05) is 24.5 Å². The standard InChI is InChI=1S/C17H25N3O/c1-2-18-17(19-12-14-7-5-9-16(14)21)20-11-10-13-6-3-4-8-15(13)20/h3-4,6,8,14,16,21H,2,5,7,9-12H2,1H3,(H,18,19). The van der Waals surface area contributed by atoms with Crippen LogP contribution < -0.4 is 10.2 Å². The van der Waals surface area contributed by atoms with Crippen molar-refractivity contribution < 1.29 is 5.11 Å². The molecule has 2 aliphatic rings. The SMILES string of the molecule is CCNC(=NCC1CCCC1O)N1CCc2ccccc21. The second-order valence-electron chi connectivity index (χ2n) is 5.98. The van der Waals surface area contributed by atoms with Gasteiger partial charge in [0.2, 0.25) is 0 Å². The van der Waals surface area contributed by atoms with E-state index in [1.165, 1.54) is 11.3 Å². The van der Waals surface area contributed by atoms with Crippen LogP contribution in [0, 0.1) is 5.92 Å². The van der Waals surface area contributed by atoms with Crippen LogP contribution >= 0.6 is 0 Å². The van der Waals surface area contributed by atoms with Crippen LogP contribution in [0.4, 0.5) is 5.69 Å². The summed E-state index contributed by atoms with van der Waals surface area (Å²) in [5, 5.41) is 13.4. The topological polar surface area (TPSA) is 47.9 Å². The molecule has 2 atom stereocenters. The Hall–Kier alpha value is -1.55. The summed E-state index contributed by atoms with van der Waals surface area (Å²) >= 11 is 0. The van der Waals surface area contributed by atoms with E-state index in [1.807, 2.05) is 0 Å². The van der Waals surface area contributed by atoms with Crippen LogP contribution in [-0.2, 0) is 6.42 Å². The monoisotopic (exact) mass is 287 g/mol. The van der Waals surface area contributed by atoms with E-state index in [4.69, 9.17) is 4.99 Å². The molecule has 1 fully saturated rings. The maximum atomic E-state index is 9.95. The number of anilines is 1. The molecule has 4 heteroatoms. The van der Waals surface area contributed by atoms with Gasteiger partial charge in [0.15, 0.2) is 5.96 Å². The number of aliphatic hydroxyl groups excluding tert-OH is 1. The van der Waals surface area contributed by atoms with Crippen LogP contribution in [0.3, 0.4) is 0 Å². The van der Waals surface area contributed by atoms with Crippen LogP contribution in [0.1, 0.15) is 31.7 Å². The van der Waals surface area contributed by atoms with Gasteiger partial charge < -0.3 is 15.3 Å². The average Bonchev–Trinajstić information content (AvgIpc) is 3.10. The number of aliphatic hydroxyl groups is 1. The maximum Gasteiger partial charge on any atom is 0.198 e. The van der Waals surface area contributed by atoms with E-state index >= 15 is 0 Å². The summed E-state index contributed by atoms with van der Waals surface area (Å²) in [4.78, 5) is 7.08. The highest BCUT2D eigenvalue weighted by Gasteiger charge is 2.26. The third-order valence-electron chi connectivity index (χ3n) is 4.57. The van der Waals surface area contributed by atoms with Crippen LogP contribution in [0.2, 0.25) is 0 Å². The van der Waals surface area contributed by atoms with Crippen molar-refractivity contribution in [2.24, 2.45) is 10.9 Å². The van der Waals surface area contributed by atoms with E-state index in [9.17, 15) is 5.11 Å². The van der Waals surface area contributed by atoms with Crippen molar-refractivity contribution in [3.63, 3.8) is 0 Å². The Morgan fingerprint density at radius 1 is 1.38 bits per heavy atom. The predicted octanol–water partition coefficient (Wildman–Crippen LogP) is 2.18. The number of hydrogen-bond acceptors (Lipinski definition) is 2. The minimum atomic E-state index is -0.164. The lowest BCUT2D eigenvalue weighted by molar-refractivity contribution is 0.136. The van der Waals surface area contributed by atoms with Gasteiger partial charge >= 0.3 is 0 Å². The number of guanidine groups is 1. The van der Waals surface area contributed by atoms with E-state index in [0.717, 1.165) is 51.3 Å². The van der Waals surface area contributed by atoms with Gasteiger partial charge in [0.1, 0.15) is 0 Å². The Kier molecular flexibility index (Phi) is 4.44. The maximum absolute atomic E-state index is 9.95. The normalized spacial score (nSPS) is 25.2. The minimum Gasteiger partial charge on any atom is -0.393 e. The number of rotatable bonds is 3. The lowest BCUT2D eigenvalue weighted by Gasteiger charge is -2.23. The van der Waals surface area contributed by atoms with E-state index in [-0.39, 0.29) is 6.10 Å². The van der Waals surface area contributed by atoms with Crippen molar-refractivity contribution in [3.05, 3.63) is 29.8 Å². The summed E-state index contributed by atoms with van der Waals surface area (Å²) in [6.07, 6.45) is 4.07. The summed E-state index contributed by atoms with van der Waals surface area (Å²) < 4.78 is 0. The van der Waals surface area contributed by atoms with Crippen molar-refractivity contribution in [3.8, 4) is 0 Å². The smallest absolute Gasteiger partial charge is 0.198 e. The summed E-state index contributed by atoms with van der Waals surface area (Å²) in [5.74, 6) is 1.29. The summed E-state index contributed by atoms with van der Waals surface area (Å²) in [5.41, 5.74) is 2.66. The average molecular weight is 287 g/mol. The highest BCUT2D eigenvalue weighted by molar-refractivity contribution is 5.97. The van der Waals surface area contributed by atoms with Gasteiger partial charge in [0.25, 0.3) is 0 Å². The first-order valence-electron chi connectivity index (χ1n) is 8.11. The number of para-hydroxylation sites is 1. The fraction of sp³-hybridized carbons (Fsp3) is 0.588. The molecule has 1 aliphatic carbocycles. The Labute approximate surface area is 126 Å². The highest BCUT2D eigenvalue weighted by atomic mass is 16.3. The van der Waals surface area contributed by atoms with Gasteiger partial charge in [-0.05, 0) is 37.8 Å². The number of benzene rings is 1. The molecule has 0 spiro atoms. The van der Waals surface area contributed by atoms with Gasteiger partial charge in [-0.2, -0.15) is 0 Å². The lowest BCUT2D eigenvalue weighted by atomic mass is 10.1. The Bertz CT molecular complexity index is 515. The number of aliphatic imine (C=N–C) groups is 1. The summed E-state index contributed by atoms with van der Waals surface area (Å²) in [6, 6.07) is 8.54. The third-order valence-corrected chi connectivity index (χ3v) is 4.57. The molecule has 1 aromatic carbocycles. The Morgan fingerprint density at radius 3 is 3.00 bits per heavy atom. The molecular weight excluding hydrogens is 262 g/mol. The van der Waals surface area contributed by atoms with Gasteiger partial charge in [0, 0.05) is 31.2 Å². The molecule has 2 unspecified atom stereocenters. The molecule has 0 amide bonds. The fourth-order valence-electron chi connectivity index (χ4n) is 3.39. The van der Waals surface area contributed by atoms with E-state index in [1.54, 1.807) is 0 Å². The molecule has 1 saturated carbocycles. The molecule has 2 N–H and O–H groups in total. The molecular formula is C17H25N3O. The molecule has 4 nitrogen and oxygen atoms in total. The van der Waals surface area contributed by atoms with Crippen LogP contribution in [0.5, 0.6) is 0 Å². The molecule has 0 saturated heterocycles. The van der Waals surface area contributed by atoms with Gasteiger partial charge in [-0.3, -0.25) is 4.99 Å². The number of fused-ring (bicyclic) bond motifs is 1. The fourth-order valence-corrected chi connectivity index (χ4v) is 3.39. The van der Waals surface area contributed by atoms with Gasteiger partial charge in [-0.25, -0.2) is 0 Å². The van der Waals surface area contributed by atoms with Gasteiger partial charge in [-0.15, -0.1) is 0 Å². The zero-order valence-electron chi connectivity index (χ0n) is 12.8. The second-order valence-corrected chi connectivity index (χ2v) is 5.98. The summed E-state index contributed by atoms with van der Waals surface area (Å²) in [6.45, 7) is 4.67. The third kappa shape index (κ3) is 3.05. The Balaban J connectivity index is 1.75. The molecule has 114 valence electrons. The molecule has 21 heavy (non-hydrogen) atoms. The zero-order valence-corrected chi connectivity index (χ0v) is 12.8. The van der Waals surface area contributed by atoms with Crippen LogP contribution in [0.25, 0.3) is 0 Å². The molecule has 1 aliphatic heterocycles. The van der Waals surface area contributed by atoms with Gasteiger partial charge in [0.05, 0.1) is 6.10 Å². The first-order valence-corrected chi connectivity index (χ1v) is 8.11. The van der Waals surface area contributed by atoms with E-state index in [0.29, 0.717) is 5.92 Å². The first-order chi connectivity index (χ1) is 10.3. The number of nitrogens with one attached hydrogen (secondary N) is 1. The summed E-state index contributed by atoms with van der Waals surface area (Å²) in [7, 11) is 0. The quantitative estimate of drug-likeness (QED) is 0.662. The molecule has 0 aromatic heterocycles. The predicted molar refractivity (Wildman–Crippen MR) is 86.8 cm³/mol. The highest BCUT2D eigenvalue weighted by Crippen LogP contribution is 2.28. The van der Waals surface area contributed by atoms with Gasteiger partial charge in [-0.1, -0.05) is 24.6 Å². The largest absolute Gasteiger partial charge is 0.393 e. The molecule has 1 heterocycles. The lowest BCUT2D eigenvalue weighted by Crippen LogP contribution is -2.41. The van der Waals surface area contributed by atoms with Crippen molar-refractivity contribution in [1.82, 2.24) is 5.32 Å². The van der Waals surface area contributed by atoms with E-state index in [2.05, 4.69) is 41.4 Å². The Morgan fingerprint density at radius 2 is 2.24 bits per heavy atom. The molecule has 0 bridgehead atoms. The molecule has 0 radical (unpaired) electrons. The van der Waals surface area contributed by atoms with Crippen molar-refractivity contribution >= 4 is 11.6 Å². The molecule has 3 rings (SSSR count). The van der Waals surface area contributed by atoms with E-state index < -0.39 is 0 Å². The zero-order chi connectivity index (χ0) is 14.7. The molecule has 1 aromatic rings. The van der Waals surface area contributed by atoms with Crippen LogP contribution in [-0.4, -0.2) is 36.8 Å². The van der Waals surface area contributed by atoms with Crippen LogP contribution in [0.15, 0.2) is 29.3 Å². The second kappa shape index (κ2) is 6.48. The first kappa shape index (κ1) is 14.4.